The van der Waals surface area contributed by atoms with E-state index in [4.69, 9.17) is 43.5 Å². The number of nitrogens with one attached hydrogen (secondary N) is 2. The number of rotatable bonds is 24. The van der Waals surface area contributed by atoms with Gasteiger partial charge in [0, 0.05) is 12.8 Å². The van der Waals surface area contributed by atoms with Gasteiger partial charge in [-0.15, -0.1) is 23.5 Å². The predicted octanol–water partition coefficient (Wildman–Crippen LogP) is 4.61. The number of imidazole rings is 1. The van der Waals surface area contributed by atoms with Gasteiger partial charge in [-0.1, -0.05) is 54.5 Å². The SMILES string of the molecule is C=C1N=C(N)N=CN1[C@H]1C[C@@H](O)[C@@H](COP(=O)(N[C@@H](C)C(=O)OCc2ccc([N+](=O)[O-])o2)Oc2ccccc2)S1.C=C1N=C(N)N=CN1[C@H]1C[C@@H](O)[C@@H](COP(=O)(N[C@@H](C)C(=O)OCc2cnc([N+](=O)[O-])n2C)Oc2ccccc2)S1. The number of guanidine groups is 2. The molecule has 10 atom stereocenters. The molecule has 2 aromatic carbocycles. The number of thioether (sulfide) groups is 2. The lowest BCUT2D eigenvalue weighted by Gasteiger charge is -2.27. The maximum Gasteiger partial charge on any atom is 0.459 e. The van der Waals surface area contributed by atoms with E-state index in [1.807, 2.05) is 0 Å². The Hall–Kier alpha value is -7.45. The molecular formula is C46H56N14O17P2S2. The van der Waals surface area contributed by atoms with E-state index in [0.29, 0.717) is 24.5 Å². The molecule has 81 heavy (non-hydrogen) atoms. The largest absolute Gasteiger partial charge is 0.459 e. The van der Waals surface area contributed by atoms with Gasteiger partial charge in [-0.05, 0) is 49.1 Å². The molecule has 8 rings (SSSR count). The third kappa shape index (κ3) is 16.8. The molecule has 434 valence electrons. The predicted molar refractivity (Wildman–Crippen MR) is 295 cm³/mol. The molecular weight excluding hydrogens is 1150 g/mol. The van der Waals surface area contributed by atoms with Crippen molar-refractivity contribution in [3.8, 4) is 11.5 Å². The molecule has 0 bridgehead atoms. The molecule has 2 fully saturated rings. The van der Waals surface area contributed by atoms with E-state index in [9.17, 15) is 49.2 Å². The summed E-state index contributed by atoms with van der Waals surface area (Å²) in [5.41, 5.74) is 11.5. The van der Waals surface area contributed by atoms with Gasteiger partial charge in [0.15, 0.2) is 5.69 Å². The Labute approximate surface area is 470 Å². The quantitative estimate of drug-likeness (QED) is 0.0241. The van der Waals surface area contributed by atoms with E-state index < -0.39 is 83.9 Å². The van der Waals surface area contributed by atoms with Crippen molar-refractivity contribution in [3.63, 3.8) is 0 Å². The summed E-state index contributed by atoms with van der Waals surface area (Å²) in [4.78, 5) is 68.7. The van der Waals surface area contributed by atoms with Crippen LogP contribution in [0.15, 0.2) is 128 Å². The van der Waals surface area contributed by atoms with Crippen LogP contribution in [0.3, 0.4) is 0 Å². The van der Waals surface area contributed by atoms with Gasteiger partial charge in [0.25, 0.3) is 0 Å². The summed E-state index contributed by atoms with van der Waals surface area (Å²) < 4.78 is 66.8. The Bertz CT molecular complexity index is 3170. The van der Waals surface area contributed by atoms with Crippen LogP contribution in [0.25, 0.3) is 0 Å². The third-order valence-electron chi connectivity index (χ3n) is 11.7. The summed E-state index contributed by atoms with van der Waals surface area (Å²) in [7, 11) is -6.97. The Kier molecular flexibility index (Phi) is 20.7. The minimum atomic E-state index is -4.19. The Morgan fingerprint density at radius 2 is 1.22 bits per heavy atom. The number of hydrogen-bond donors (Lipinski definition) is 6. The zero-order chi connectivity index (χ0) is 58.6. The van der Waals surface area contributed by atoms with E-state index in [1.54, 1.807) is 70.5 Å². The minimum absolute atomic E-state index is 0.0591. The van der Waals surface area contributed by atoms with Gasteiger partial charge in [-0.25, -0.2) is 23.7 Å². The molecule has 0 spiro atoms. The lowest BCUT2D eigenvalue weighted by molar-refractivity contribution is -0.402. The maximum absolute atomic E-state index is 13.8. The van der Waals surface area contributed by atoms with Crippen LogP contribution in [0.4, 0.5) is 11.8 Å². The molecule has 6 heterocycles. The topological polar surface area (TPSA) is 413 Å². The van der Waals surface area contributed by atoms with Gasteiger partial charge in [0.05, 0.1) is 59.8 Å². The zero-order valence-electron chi connectivity index (χ0n) is 43.3. The Morgan fingerprint density at radius 3 is 1.63 bits per heavy atom. The first kappa shape index (κ1) is 61.2. The van der Waals surface area contributed by atoms with Gasteiger partial charge in [-0.3, -0.25) is 28.8 Å². The molecule has 4 aliphatic heterocycles. The molecule has 4 aliphatic rings. The number of aliphatic hydroxyl groups is 2. The van der Waals surface area contributed by atoms with Gasteiger partial charge >= 0.3 is 39.3 Å². The van der Waals surface area contributed by atoms with E-state index in [2.05, 4.69) is 48.3 Å². The maximum atomic E-state index is 13.8. The fourth-order valence-corrected chi connectivity index (χ4v) is 13.7. The van der Waals surface area contributed by atoms with Crippen LogP contribution in [-0.2, 0) is 57.5 Å². The summed E-state index contributed by atoms with van der Waals surface area (Å²) in [5, 5.41) is 46.7. The fourth-order valence-electron chi connectivity index (χ4n) is 7.53. The first-order chi connectivity index (χ1) is 38.5. The van der Waals surface area contributed by atoms with Crippen LogP contribution in [0.5, 0.6) is 11.5 Å². The number of nitrogens with zero attached hydrogens (tertiary/aromatic N) is 10. The van der Waals surface area contributed by atoms with Crippen molar-refractivity contribution in [2.24, 2.45) is 38.5 Å². The average Bonchev–Trinajstić information content (AvgIpc) is 4.27. The van der Waals surface area contributed by atoms with Crippen molar-refractivity contribution < 1.29 is 70.8 Å². The number of aliphatic hydroxyl groups excluding tert-OH is 2. The van der Waals surface area contributed by atoms with Crippen molar-refractivity contribution in [1.82, 2.24) is 29.5 Å². The number of furan rings is 1. The van der Waals surface area contributed by atoms with E-state index >= 15 is 0 Å². The fraction of sp³-hybridized carbons (Fsp3) is 0.370. The number of ether oxygens (including phenoxy) is 2. The third-order valence-corrected chi connectivity index (χ3v) is 18.0. The number of carbonyl (C=O) groups is 2. The highest BCUT2D eigenvalue weighted by Crippen LogP contribution is 2.49. The summed E-state index contributed by atoms with van der Waals surface area (Å²) in [6, 6.07) is 16.5. The molecule has 2 unspecified atom stereocenters. The van der Waals surface area contributed by atoms with Crippen molar-refractivity contribution in [2.45, 2.75) is 85.4 Å². The number of aliphatic imine (C=N–C) groups is 4. The van der Waals surface area contributed by atoms with Crippen LogP contribution in [-0.4, -0.2) is 135 Å². The van der Waals surface area contributed by atoms with Gasteiger partial charge in [0.1, 0.15) is 78.0 Å². The average molecular weight is 1200 g/mol. The number of aromatic nitrogens is 2. The molecule has 2 aromatic heterocycles. The zero-order valence-corrected chi connectivity index (χ0v) is 46.7. The second-order valence-electron chi connectivity index (χ2n) is 17.6. The van der Waals surface area contributed by atoms with Gasteiger partial charge < -0.3 is 64.5 Å². The first-order valence-corrected chi connectivity index (χ1v) is 29.1. The number of para-hydroxylation sites is 2. The smallest absolute Gasteiger partial charge is 0.456 e. The number of hydrogen-bond acceptors (Lipinski definition) is 28. The van der Waals surface area contributed by atoms with Crippen molar-refractivity contribution in [1.29, 1.82) is 0 Å². The number of nitrogens with two attached hydrogens (primary N) is 2. The first-order valence-electron chi connectivity index (χ1n) is 24.1. The molecule has 31 nitrogen and oxygen atoms in total. The molecule has 0 saturated carbocycles. The highest BCUT2D eigenvalue weighted by atomic mass is 32.2. The molecule has 2 saturated heterocycles. The molecule has 0 amide bonds. The highest BCUT2D eigenvalue weighted by Gasteiger charge is 2.43. The summed E-state index contributed by atoms with van der Waals surface area (Å²) in [6.07, 6.45) is 3.18. The van der Waals surface area contributed by atoms with E-state index in [-0.39, 0.29) is 72.0 Å². The number of esters is 2. The summed E-state index contributed by atoms with van der Waals surface area (Å²) >= 11 is 2.70. The summed E-state index contributed by atoms with van der Waals surface area (Å²) in [5.74, 6) is -1.15. The molecule has 35 heteroatoms. The van der Waals surface area contributed by atoms with Crippen LogP contribution < -0.4 is 30.7 Å². The molecule has 0 radical (unpaired) electrons. The Balaban J connectivity index is 0.000000234. The monoisotopic (exact) mass is 1200 g/mol. The molecule has 8 N–H and O–H groups in total. The number of benzene rings is 2. The number of nitro groups is 2. The normalized spacial score (nSPS) is 22.7. The standard InChI is InChI=1S/C23H29N8O8PS.C23H27N6O9PS/c1-14(21(33)37-11-16-10-25-23(29(16)3)31(34)35)28-40(36,39-17-7-5-4-6-8-17)38-12-19-18(32)9-20(41-19)30-13-26-22(24)27-15(30)2;1-14(22(31)35-11-17-8-9-20(37-17)29(32)33)27-39(34,38-16-6-4-3-5-7-16)36-12-19-18(30)10-21(40-19)28-13-25-23(24)26-15(28)2/h4-8,10,13-14,18-20,32H,2,9,11-12H2,1,3H3,(H2,24,27)(H,28,36);3-9,13-14,18-19,21,30H,2,10-12H2,1H3,(H2,24,26)(H,27,34)/t14-,18+,19+,20+,40?;14-,18+,19+,21+,39?/m00/s1. The molecule has 4 aromatic rings. The van der Waals surface area contributed by atoms with Crippen LogP contribution in [0.2, 0.25) is 0 Å². The second kappa shape index (κ2) is 27.3. The second-order valence-corrected chi connectivity index (χ2v) is 23.8. The van der Waals surface area contributed by atoms with Gasteiger partial charge in [0.2, 0.25) is 11.9 Å². The lowest BCUT2D eigenvalue weighted by Crippen LogP contribution is -2.36. The molecule has 0 aliphatic carbocycles. The van der Waals surface area contributed by atoms with Crippen molar-refractivity contribution in [2.75, 3.05) is 13.2 Å². The highest BCUT2D eigenvalue weighted by molar-refractivity contribution is 8.01. The van der Waals surface area contributed by atoms with Crippen molar-refractivity contribution >= 4 is 87.4 Å². The van der Waals surface area contributed by atoms with Crippen LogP contribution in [0.1, 0.15) is 38.1 Å². The number of carbonyl (C=O) groups excluding carboxylic acids is 2. The summed E-state index contributed by atoms with van der Waals surface area (Å²) in [6.45, 7) is 9.43. The van der Waals surface area contributed by atoms with Crippen LogP contribution >= 0.6 is 39.0 Å². The van der Waals surface area contributed by atoms with E-state index in [0.717, 1.165) is 6.07 Å². The lowest BCUT2D eigenvalue weighted by atomic mass is 10.2. The van der Waals surface area contributed by atoms with Crippen molar-refractivity contribution in [3.05, 3.63) is 135 Å². The Morgan fingerprint density at radius 1 is 0.765 bits per heavy atom. The van der Waals surface area contributed by atoms with E-state index in [1.165, 1.54) is 73.9 Å². The van der Waals surface area contributed by atoms with Gasteiger partial charge in [-0.2, -0.15) is 20.2 Å². The van der Waals surface area contributed by atoms with Crippen LogP contribution in [0, 0.1) is 20.2 Å². The minimum Gasteiger partial charge on any atom is -0.456 e.